The number of fused-ring (bicyclic) bond motifs is 2. The fraction of sp³-hybridized carbons (Fsp3) is 0.312. The molecule has 2 aliphatic rings. The van der Waals surface area contributed by atoms with E-state index >= 15 is 8.78 Å². The van der Waals surface area contributed by atoms with Gasteiger partial charge >= 0.3 is 5.69 Å². The van der Waals surface area contributed by atoms with Crippen molar-refractivity contribution in [1.82, 2.24) is 19.4 Å². The first-order valence-corrected chi connectivity index (χ1v) is 17.6. The van der Waals surface area contributed by atoms with Crippen molar-refractivity contribution < 1.29 is 22.0 Å². The predicted molar refractivity (Wildman–Crippen MR) is 183 cm³/mol. The number of nitrogens with zero attached hydrogens (tertiary/aromatic N) is 5. The van der Waals surface area contributed by atoms with Crippen molar-refractivity contribution in [3.05, 3.63) is 79.4 Å². The van der Waals surface area contributed by atoms with E-state index in [1.807, 2.05) is 13.8 Å². The minimum Gasteiger partial charge on any atom is -0.397 e. The molecule has 10 nitrogen and oxygen atoms in total. The number of amides is 1. The Morgan fingerprint density at radius 3 is 2.48 bits per heavy atom. The zero-order valence-corrected chi connectivity index (χ0v) is 29.2. The quantitative estimate of drug-likeness (QED) is 0.116. The SMILES string of the molecule is C=CC(=O)N1CC2CS(=O)(=O)c3c(Cl)c(-c4c(N)c(Cl)cc(Cl)c4F)c(F)c4c3c(nc(=O)n4-c3c(C)ccnc3C(C)C)N2CC1C. The lowest BCUT2D eigenvalue weighted by Gasteiger charge is -2.44. The van der Waals surface area contributed by atoms with Gasteiger partial charge in [0.1, 0.15) is 5.82 Å². The molecule has 252 valence electrons. The van der Waals surface area contributed by atoms with Gasteiger partial charge in [0.15, 0.2) is 21.5 Å². The van der Waals surface area contributed by atoms with Gasteiger partial charge in [0.25, 0.3) is 0 Å². The van der Waals surface area contributed by atoms with Gasteiger partial charge in [-0.1, -0.05) is 55.2 Å². The van der Waals surface area contributed by atoms with Gasteiger partial charge in [-0.15, -0.1) is 0 Å². The molecule has 0 saturated carbocycles. The van der Waals surface area contributed by atoms with Crippen molar-refractivity contribution in [3.63, 3.8) is 0 Å². The molecule has 2 aromatic heterocycles. The first-order valence-electron chi connectivity index (χ1n) is 14.8. The maximum atomic E-state index is 17.6. The van der Waals surface area contributed by atoms with E-state index in [1.165, 1.54) is 11.1 Å². The average molecular weight is 738 g/mol. The van der Waals surface area contributed by atoms with E-state index in [0.29, 0.717) is 11.3 Å². The topological polar surface area (TPSA) is 131 Å². The summed E-state index contributed by atoms with van der Waals surface area (Å²) in [4.78, 5) is 38.3. The molecule has 2 aliphatic heterocycles. The number of benzene rings is 2. The van der Waals surface area contributed by atoms with Gasteiger partial charge in [0, 0.05) is 36.5 Å². The molecule has 48 heavy (non-hydrogen) atoms. The van der Waals surface area contributed by atoms with Crippen molar-refractivity contribution in [2.24, 2.45) is 0 Å². The third-order valence-corrected chi connectivity index (χ3v) is 11.8. The highest BCUT2D eigenvalue weighted by atomic mass is 35.5. The second-order valence-electron chi connectivity index (χ2n) is 12.2. The normalized spacial score (nSPS) is 18.6. The van der Waals surface area contributed by atoms with Gasteiger partial charge in [-0.2, -0.15) is 4.98 Å². The van der Waals surface area contributed by atoms with E-state index in [1.54, 1.807) is 24.8 Å². The molecular formula is C32H29Cl3F2N6O4S. The Kier molecular flexibility index (Phi) is 8.50. The van der Waals surface area contributed by atoms with Gasteiger partial charge in [0.2, 0.25) is 5.91 Å². The van der Waals surface area contributed by atoms with Crippen molar-refractivity contribution >= 4 is 73.0 Å². The summed E-state index contributed by atoms with van der Waals surface area (Å²) in [5.41, 5.74) is 3.87. The van der Waals surface area contributed by atoms with E-state index in [4.69, 9.17) is 40.5 Å². The van der Waals surface area contributed by atoms with E-state index in [0.717, 1.165) is 16.7 Å². The van der Waals surface area contributed by atoms with Crippen LogP contribution >= 0.6 is 34.8 Å². The lowest BCUT2D eigenvalue weighted by molar-refractivity contribution is -0.128. The van der Waals surface area contributed by atoms with Crippen LogP contribution in [0.3, 0.4) is 0 Å². The van der Waals surface area contributed by atoms with Crippen molar-refractivity contribution in [1.29, 1.82) is 0 Å². The summed E-state index contributed by atoms with van der Waals surface area (Å²) in [5, 5.41) is -1.75. The number of hydrogen-bond donors (Lipinski definition) is 1. The number of hydrogen-bond acceptors (Lipinski definition) is 8. The molecule has 6 rings (SSSR count). The van der Waals surface area contributed by atoms with Crippen LogP contribution in [0.25, 0.3) is 27.7 Å². The molecular weight excluding hydrogens is 709 g/mol. The molecule has 0 radical (unpaired) electrons. The summed E-state index contributed by atoms with van der Waals surface area (Å²) in [7, 11) is -4.51. The summed E-state index contributed by atoms with van der Waals surface area (Å²) in [6.07, 6.45) is 2.66. The van der Waals surface area contributed by atoms with Crippen molar-refractivity contribution in [2.45, 2.75) is 50.6 Å². The van der Waals surface area contributed by atoms with Gasteiger partial charge in [0.05, 0.1) is 59.7 Å². The number of pyridine rings is 1. The zero-order valence-electron chi connectivity index (χ0n) is 26.1. The number of aromatic nitrogens is 3. The molecule has 0 spiro atoms. The van der Waals surface area contributed by atoms with Crippen LogP contribution in [0.2, 0.25) is 15.1 Å². The molecule has 2 atom stereocenters. The summed E-state index contributed by atoms with van der Waals surface area (Å²) in [6.45, 7) is 10.6. The minimum absolute atomic E-state index is 0.0421. The largest absolute Gasteiger partial charge is 0.397 e. The van der Waals surface area contributed by atoms with Crippen LogP contribution in [-0.2, 0) is 14.6 Å². The van der Waals surface area contributed by atoms with Crippen LogP contribution in [0.5, 0.6) is 0 Å². The fourth-order valence-electron chi connectivity index (χ4n) is 6.63. The maximum absolute atomic E-state index is 17.6. The second kappa shape index (κ2) is 12.0. The number of carbonyl (C=O) groups is 1. The highest BCUT2D eigenvalue weighted by molar-refractivity contribution is 7.91. The maximum Gasteiger partial charge on any atom is 0.354 e. The minimum atomic E-state index is -4.51. The van der Waals surface area contributed by atoms with E-state index in [-0.39, 0.29) is 40.9 Å². The Morgan fingerprint density at radius 2 is 1.83 bits per heavy atom. The molecule has 0 aliphatic carbocycles. The molecule has 1 amide bonds. The van der Waals surface area contributed by atoms with Crippen molar-refractivity contribution in [3.8, 4) is 16.8 Å². The molecule has 2 aromatic carbocycles. The lowest BCUT2D eigenvalue weighted by Crippen LogP contribution is -2.60. The van der Waals surface area contributed by atoms with Crippen LogP contribution in [0.15, 0.2) is 40.7 Å². The molecule has 1 saturated heterocycles. The first kappa shape index (κ1) is 34.1. The molecule has 1 fully saturated rings. The Labute approximate surface area is 289 Å². The predicted octanol–water partition coefficient (Wildman–Crippen LogP) is 6.08. The molecule has 2 unspecified atom stereocenters. The standard InChI is InChI=1S/C32H29Cl3F2N6O4S/c1-6-19(44)41-11-16-12-48(46,47)30-22-29(25(37)20(23(30)35)21-24(36)17(33)9-18(34)26(21)38)43(28-14(4)7-8-39-27(28)13(2)3)32(45)40-31(22)42(16)10-15(41)5/h6-9,13,15-16H,1,10-12,38H2,2-5H3. The van der Waals surface area contributed by atoms with Gasteiger partial charge in [-0.3, -0.25) is 14.3 Å². The number of rotatable bonds is 4. The van der Waals surface area contributed by atoms with E-state index in [9.17, 15) is 18.0 Å². The first-order chi connectivity index (χ1) is 22.5. The third kappa shape index (κ3) is 5.05. The zero-order chi connectivity index (χ0) is 35.1. The number of carbonyl (C=O) groups excluding carboxylic acids is 1. The Morgan fingerprint density at radius 1 is 1.15 bits per heavy atom. The number of nitrogen functional groups attached to an aromatic ring is 1. The monoisotopic (exact) mass is 736 g/mol. The average Bonchev–Trinajstić information content (AvgIpc) is 3.10. The van der Waals surface area contributed by atoms with Gasteiger partial charge in [-0.05, 0) is 43.5 Å². The van der Waals surface area contributed by atoms with Crippen LogP contribution in [0.4, 0.5) is 20.3 Å². The third-order valence-electron chi connectivity index (χ3n) is 8.83. The Hall–Kier alpha value is -3.78. The molecule has 16 heteroatoms. The van der Waals surface area contributed by atoms with Crippen LogP contribution in [0, 0.1) is 18.6 Å². The highest BCUT2D eigenvalue weighted by Gasteiger charge is 2.44. The molecule has 2 N–H and O–H groups in total. The molecule has 4 heterocycles. The fourth-order valence-corrected chi connectivity index (χ4v) is 9.55. The van der Waals surface area contributed by atoms with Crippen LogP contribution in [0.1, 0.15) is 37.9 Å². The van der Waals surface area contributed by atoms with Crippen LogP contribution < -0.4 is 16.3 Å². The summed E-state index contributed by atoms with van der Waals surface area (Å²) in [6, 6.07) is 1.23. The van der Waals surface area contributed by atoms with Crippen molar-refractivity contribution in [2.75, 3.05) is 29.5 Å². The van der Waals surface area contributed by atoms with E-state index < -0.39 is 88.2 Å². The highest BCUT2D eigenvalue weighted by Crippen LogP contribution is 2.50. The molecule has 0 bridgehead atoms. The summed E-state index contributed by atoms with van der Waals surface area (Å²) < 4.78 is 63.4. The summed E-state index contributed by atoms with van der Waals surface area (Å²) in [5.74, 6) is -3.92. The van der Waals surface area contributed by atoms with Crippen LogP contribution in [-0.4, -0.2) is 64.7 Å². The van der Waals surface area contributed by atoms with Gasteiger partial charge < -0.3 is 15.5 Å². The Balaban J connectivity index is 1.86. The van der Waals surface area contributed by atoms with Gasteiger partial charge in [-0.25, -0.2) is 22.0 Å². The number of piperazine rings is 1. The molecule has 4 aromatic rings. The number of anilines is 2. The number of nitrogens with two attached hydrogens (primary N) is 1. The Bertz CT molecular complexity index is 2240. The second-order valence-corrected chi connectivity index (χ2v) is 15.4. The van der Waals surface area contributed by atoms with E-state index in [2.05, 4.69) is 16.5 Å². The number of sulfone groups is 1. The number of aryl methyl sites for hydroxylation is 1. The number of halogens is 5. The lowest BCUT2D eigenvalue weighted by atomic mass is 9.98. The smallest absolute Gasteiger partial charge is 0.354 e. The summed E-state index contributed by atoms with van der Waals surface area (Å²) >= 11 is 19.2.